The Morgan fingerprint density at radius 3 is 2.70 bits per heavy atom. The minimum absolute atomic E-state index is 0.173. The van der Waals surface area contributed by atoms with Crippen molar-refractivity contribution in [3.8, 4) is 11.5 Å². The van der Waals surface area contributed by atoms with Crippen molar-refractivity contribution in [1.82, 2.24) is 0 Å². The van der Waals surface area contributed by atoms with Gasteiger partial charge in [-0.3, -0.25) is 4.79 Å². The maximum Gasteiger partial charge on any atom is 0.255 e. The first kappa shape index (κ1) is 19.2. The van der Waals surface area contributed by atoms with Gasteiger partial charge in [0.05, 0.1) is 12.7 Å². The van der Waals surface area contributed by atoms with Gasteiger partial charge in [-0.15, -0.1) is 0 Å². The van der Waals surface area contributed by atoms with Gasteiger partial charge in [0.15, 0.2) is 0 Å². The quantitative estimate of drug-likeness (QED) is 0.683. The molecule has 1 unspecified atom stereocenters. The van der Waals surface area contributed by atoms with Crippen LogP contribution in [0.25, 0.3) is 0 Å². The van der Waals surface area contributed by atoms with Crippen LogP contribution < -0.4 is 14.8 Å². The van der Waals surface area contributed by atoms with Crippen LogP contribution in [0.15, 0.2) is 48.5 Å². The molecule has 2 aromatic carbocycles. The van der Waals surface area contributed by atoms with Gasteiger partial charge in [0.1, 0.15) is 24.7 Å². The first-order chi connectivity index (χ1) is 13.2. The molecule has 3 rings (SSSR count). The number of methoxy groups -OCH3 is 1. The molecule has 0 bridgehead atoms. The molecular formula is C21H25NO5. The van der Waals surface area contributed by atoms with Crippen molar-refractivity contribution < 1.29 is 23.7 Å². The molecule has 0 aromatic heterocycles. The Morgan fingerprint density at radius 2 is 1.96 bits per heavy atom. The molecule has 1 aliphatic heterocycles. The van der Waals surface area contributed by atoms with Crippen LogP contribution >= 0.6 is 0 Å². The van der Waals surface area contributed by atoms with Crippen molar-refractivity contribution >= 4 is 11.6 Å². The van der Waals surface area contributed by atoms with Gasteiger partial charge in [0, 0.05) is 31.0 Å². The lowest BCUT2D eigenvalue weighted by Gasteiger charge is -2.12. The fourth-order valence-corrected chi connectivity index (χ4v) is 2.78. The monoisotopic (exact) mass is 371 g/mol. The van der Waals surface area contributed by atoms with Crippen molar-refractivity contribution in [3.63, 3.8) is 0 Å². The molecule has 1 atom stereocenters. The summed E-state index contributed by atoms with van der Waals surface area (Å²) in [5, 5.41) is 2.87. The standard InChI is InChI=1S/C21H25NO5/c1-24-12-13-26-19-5-2-4-17(14-19)22-21(23)16-7-9-18(10-8-16)27-15-20-6-3-11-25-20/h2,4-5,7-10,14,20H,3,6,11-13,15H2,1H3,(H,22,23). The van der Waals surface area contributed by atoms with E-state index in [1.165, 1.54) is 0 Å². The molecule has 1 fully saturated rings. The highest BCUT2D eigenvalue weighted by atomic mass is 16.5. The summed E-state index contributed by atoms with van der Waals surface area (Å²) >= 11 is 0. The largest absolute Gasteiger partial charge is 0.491 e. The van der Waals surface area contributed by atoms with E-state index in [-0.39, 0.29) is 12.0 Å². The average molecular weight is 371 g/mol. The van der Waals surface area contributed by atoms with Crippen LogP contribution in [0.4, 0.5) is 5.69 Å². The van der Waals surface area contributed by atoms with Crippen LogP contribution in [0.1, 0.15) is 23.2 Å². The third kappa shape index (κ3) is 5.98. The third-order valence-electron chi connectivity index (χ3n) is 4.22. The molecule has 1 N–H and O–H groups in total. The van der Waals surface area contributed by atoms with E-state index in [0.29, 0.717) is 36.8 Å². The zero-order valence-corrected chi connectivity index (χ0v) is 15.5. The normalized spacial score (nSPS) is 16.1. The molecule has 144 valence electrons. The summed E-state index contributed by atoms with van der Waals surface area (Å²) in [5.41, 5.74) is 1.23. The Morgan fingerprint density at radius 1 is 1.11 bits per heavy atom. The molecule has 27 heavy (non-hydrogen) atoms. The minimum atomic E-state index is -0.185. The highest BCUT2D eigenvalue weighted by Gasteiger charge is 2.16. The zero-order chi connectivity index (χ0) is 18.9. The summed E-state index contributed by atoms with van der Waals surface area (Å²) in [6, 6.07) is 14.4. The molecule has 0 spiro atoms. The van der Waals surface area contributed by atoms with E-state index in [1.807, 2.05) is 18.2 Å². The second-order valence-electron chi connectivity index (χ2n) is 6.29. The van der Waals surface area contributed by atoms with Crippen molar-refractivity contribution in [3.05, 3.63) is 54.1 Å². The Bertz CT molecular complexity index is 726. The topological polar surface area (TPSA) is 66.0 Å². The Labute approximate surface area is 159 Å². The number of benzene rings is 2. The zero-order valence-electron chi connectivity index (χ0n) is 15.5. The molecule has 1 amide bonds. The summed E-state index contributed by atoms with van der Waals surface area (Å²) in [5.74, 6) is 1.23. The summed E-state index contributed by atoms with van der Waals surface area (Å²) in [6.45, 7) is 2.33. The molecule has 1 saturated heterocycles. The fourth-order valence-electron chi connectivity index (χ4n) is 2.78. The first-order valence-electron chi connectivity index (χ1n) is 9.12. The molecule has 0 aliphatic carbocycles. The third-order valence-corrected chi connectivity index (χ3v) is 4.22. The van der Waals surface area contributed by atoms with Crippen LogP contribution in [-0.4, -0.2) is 45.5 Å². The SMILES string of the molecule is COCCOc1cccc(NC(=O)c2ccc(OCC3CCCO3)cc2)c1. The molecule has 1 aliphatic rings. The Hall–Kier alpha value is -2.57. The highest BCUT2D eigenvalue weighted by molar-refractivity contribution is 6.04. The highest BCUT2D eigenvalue weighted by Crippen LogP contribution is 2.20. The van der Waals surface area contributed by atoms with Gasteiger partial charge in [0.25, 0.3) is 5.91 Å². The van der Waals surface area contributed by atoms with E-state index in [9.17, 15) is 4.79 Å². The van der Waals surface area contributed by atoms with E-state index in [0.717, 1.165) is 25.2 Å². The van der Waals surface area contributed by atoms with E-state index in [4.69, 9.17) is 18.9 Å². The first-order valence-corrected chi connectivity index (χ1v) is 9.12. The molecule has 1 heterocycles. The summed E-state index contributed by atoms with van der Waals surface area (Å²) in [7, 11) is 1.62. The summed E-state index contributed by atoms with van der Waals surface area (Å²) in [6.07, 6.45) is 2.30. The number of rotatable bonds is 9. The van der Waals surface area contributed by atoms with E-state index in [2.05, 4.69) is 5.32 Å². The Kier molecular flexibility index (Phi) is 7.07. The van der Waals surface area contributed by atoms with Gasteiger partial charge in [-0.05, 0) is 49.2 Å². The number of carbonyl (C=O) groups is 1. The number of anilines is 1. The molecule has 2 aromatic rings. The predicted octanol–water partition coefficient (Wildman–Crippen LogP) is 3.52. The lowest BCUT2D eigenvalue weighted by Crippen LogP contribution is -2.16. The van der Waals surface area contributed by atoms with E-state index >= 15 is 0 Å². The van der Waals surface area contributed by atoms with E-state index < -0.39 is 0 Å². The van der Waals surface area contributed by atoms with Gasteiger partial charge in [-0.25, -0.2) is 0 Å². The summed E-state index contributed by atoms with van der Waals surface area (Å²) < 4.78 is 21.8. The van der Waals surface area contributed by atoms with Crippen LogP contribution in [0.5, 0.6) is 11.5 Å². The van der Waals surface area contributed by atoms with Crippen LogP contribution in [0.3, 0.4) is 0 Å². The maximum absolute atomic E-state index is 12.4. The Balaban J connectivity index is 1.52. The number of nitrogens with one attached hydrogen (secondary N) is 1. The number of hydrogen-bond acceptors (Lipinski definition) is 5. The smallest absolute Gasteiger partial charge is 0.255 e. The number of hydrogen-bond donors (Lipinski definition) is 1. The second kappa shape index (κ2) is 9.94. The molecule has 0 saturated carbocycles. The van der Waals surface area contributed by atoms with Gasteiger partial charge in [0.2, 0.25) is 0 Å². The van der Waals surface area contributed by atoms with Crippen molar-refractivity contribution in [2.75, 3.05) is 38.9 Å². The minimum Gasteiger partial charge on any atom is -0.491 e. The number of ether oxygens (including phenoxy) is 4. The second-order valence-corrected chi connectivity index (χ2v) is 6.29. The van der Waals surface area contributed by atoms with Crippen LogP contribution in [-0.2, 0) is 9.47 Å². The molecule has 6 heteroatoms. The van der Waals surface area contributed by atoms with E-state index in [1.54, 1.807) is 37.4 Å². The average Bonchev–Trinajstić information content (AvgIpc) is 3.21. The van der Waals surface area contributed by atoms with Crippen LogP contribution in [0.2, 0.25) is 0 Å². The molecule has 0 radical (unpaired) electrons. The van der Waals surface area contributed by atoms with Crippen molar-refractivity contribution in [1.29, 1.82) is 0 Å². The van der Waals surface area contributed by atoms with Gasteiger partial charge in [-0.2, -0.15) is 0 Å². The maximum atomic E-state index is 12.4. The van der Waals surface area contributed by atoms with Crippen molar-refractivity contribution in [2.45, 2.75) is 18.9 Å². The predicted molar refractivity (Wildman–Crippen MR) is 103 cm³/mol. The van der Waals surface area contributed by atoms with Gasteiger partial charge in [-0.1, -0.05) is 6.07 Å². The number of carbonyl (C=O) groups excluding carboxylic acids is 1. The summed E-state index contributed by atoms with van der Waals surface area (Å²) in [4.78, 5) is 12.4. The number of amides is 1. The van der Waals surface area contributed by atoms with Crippen molar-refractivity contribution in [2.24, 2.45) is 0 Å². The fraction of sp³-hybridized carbons (Fsp3) is 0.381. The van der Waals surface area contributed by atoms with Gasteiger partial charge < -0.3 is 24.3 Å². The lowest BCUT2D eigenvalue weighted by molar-refractivity contribution is 0.0679. The van der Waals surface area contributed by atoms with Gasteiger partial charge >= 0.3 is 0 Å². The molecular weight excluding hydrogens is 346 g/mol. The molecule has 6 nitrogen and oxygen atoms in total. The lowest BCUT2D eigenvalue weighted by atomic mass is 10.2. The van der Waals surface area contributed by atoms with Crippen LogP contribution in [0, 0.1) is 0 Å².